The van der Waals surface area contributed by atoms with Gasteiger partial charge in [-0.25, -0.2) is 9.50 Å². The first kappa shape index (κ1) is 21.4. The van der Waals surface area contributed by atoms with Crippen LogP contribution < -0.4 is 10.7 Å². The number of halogens is 3. The number of carboxylic acid groups (broad SMARTS) is 1. The summed E-state index contributed by atoms with van der Waals surface area (Å²) in [6.07, 6.45) is -0.858. The number of aliphatic carboxylic acids is 1. The van der Waals surface area contributed by atoms with Gasteiger partial charge in [-0.2, -0.15) is 13.2 Å². The number of pyridine rings is 2. The molecule has 13 heteroatoms. The Bertz CT molecular complexity index is 1430. The molecule has 0 aliphatic carbocycles. The lowest BCUT2D eigenvalue weighted by molar-refractivity contribution is -0.137. The number of carbonyl (C=O) groups excluding carboxylic acids is 1. The molecule has 0 aliphatic rings. The Balaban J connectivity index is 1.80. The molecule has 4 aromatic rings. The molecule has 9 nitrogen and oxygen atoms in total. The van der Waals surface area contributed by atoms with E-state index in [4.69, 9.17) is 5.11 Å². The molecule has 0 spiro atoms. The van der Waals surface area contributed by atoms with Crippen molar-refractivity contribution in [2.45, 2.75) is 16.1 Å². The fourth-order valence-electron chi connectivity index (χ4n) is 3.11. The van der Waals surface area contributed by atoms with Gasteiger partial charge in [-0.15, -0.1) is 0 Å². The van der Waals surface area contributed by atoms with Gasteiger partial charge in [0.2, 0.25) is 0 Å². The average Bonchev–Trinajstić information content (AvgIpc) is 3.21. The summed E-state index contributed by atoms with van der Waals surface area (Å²) < 4.78 is 41.4. The van der Waals surface area contributed by atoms with E-state index < -0.39 is 35.6 Å². The largest absolute Gasteiger partial charge is 0.480 e. The molecule has 0 atom stereocenters. The molecule has 0 saturated carbocycles. The number of H-pyrrole nitrogens is 1. The molecule has 32 heavy (non-hydrogen) atoms. The van der Waals surface area contributed by atoms with Crippen molar-refractivity contribution >= 4 is 40.1 Å². The molecule has 0 unspecified atom stereocenters. The van der Waals surface area contributed by atoms with Gasteiger partial charge in [0.15, 0.2) is 11.1 Å². The van der Waals surface area contributed by atoms with Crippen molar-refractivity contribution in [2.24, 2.45) is 0 Å². The second kappa shape index (κ2) is 8.00. The van der Waals surface area contributed by atoms with Crippen molar-refractivity contribution < 1.29 is 27.9 Å². The second-order valence-corrected chi connectivity index (χ2v) is 7.54. The average molecular weight is 463 g/mol. The molecule has 4 rings (SSSR count). The predicted octanol–water partition coefficient (Wildman–Crippen LogP) is 2.56. The van der Waals surface area contributed by atoms with E-state index in [-0.39, 0.29) is 27.0 Å². The van der Waals surface area contributed by atoms with E-state index in [1.807, 2.05) is 0 Å². The fourth-order valence-corrected chi connectivity index (χ4v) is 4.14. The van der Waals surface area contributed by atoms with Crippen LogP contribution in [0.4, 0.5) is 13.2 Å². The van der Waals surface area contributed by atoms with E-state index >= 15 is 0 Å². The number of aromatic nitrogens is 4. The molecular weight excluding hydrogens is 451 g/mol. The number of alkyl halides is 3. The number of carboxylic acids is 1. The van der Waals surface area contributed by atoms with Gasteiger partial charge in [-0.1, -0.05) is 23.9 Å². The number of rotatable bonds is 5. The van der Waals surface area contributed by atoms with Crippen LogP contribution in [0.5, 0.6) is 0 Å². The lowest BCUT2D eigenvalue weighted by Crippen LogP contribution is -2.33. The molecule has 1 amide bonds. The monoisotopic (exact) mass is 463 g/mol. The quantitative estimate of drug-likeness (QED) is 0.415. The number of aromatic amines is 1. The van der Waals surface area contributed by atoms with Gasteiger partial charge in [0.25, 0.3) is 5.91 Å². The van der Waals surface area contributed by atoms with Gasteiger partial charge in [0, 0.05) is 28.7 Å². The Morgan fingerprint density at radius 2 is 2.00 bits per heavy atom. The van der Waals surface area contributed by atoms with E-state index in [1.165, 1.54) is 29.2 Å². The first-order valence-electron chi connectivity index (χ1n) is 8.87. The SMILES string of the molecule is O=C(O)CNC(=O)c1c(=O)cc(Sc2cncc3c(C(F)(F)F)cccc23)n2[nH]cnc12. The molecule has 0 radical (unpaired) electrons. The van der Waals surface area contributed by atoms with Crippen LogP contribution in [0.15, 0.2) is 57.7 Å². The zero-order chi connectivity index (χ0) is 23.0. The summed E-state index contributed by atoms with van der Waals surface area (Å²) in [5, 5.41) is 14.0. The molecule has 0 fully saturated rings. The normalized spacial score (nSPS) is 11.7. The van der Waals surface area contributed by atoms with Crippen LogP contribution in [0.3, 0.4) is 0 Å². The summed E-state index contributed by atoms with van der Waals surface area (Å²) >= 11 is 0.959. The Kier molecular flexibility index (Phi) is 5.34. The van der Waals surface area contributed by atoms with Crippen LogP contribution in [0, 0.1) is 0 Å². The zero-order valence-corrected chi connectivity index (χ0v) is 16.6. The minimum absolute atomic E-state index is 0.0629. The lowest BCUT2D eigenvalue weighted by Gasteiger charge is -2.13. The third-order valence-electron chi connectivity index (χ3n) is 4.44. The van der Waals surface area contributed by atoms with Crippen molar-refractivity contribution in [3.63, 3.8) is 0 Å². The van der Waals surface area contributed by atoms with Crippen molar-refractivity contribution in [2.75, 3.05) is 6.54 Å². The van der Waals surface area contributed by atoms with E-state index in [0.29, 0.717) is 4.90 Å². The van der Waals surface area contributed by atoms with E-state index in [9.17, 15) is 27.6 Å². The molecule has 164 valence electrons. The number of hydrogen-bond donors (Lipinski definition) is 3. The predicted molar refractivity (Wildman–Crippen MR) is 107 cm³/mol. The topological polar surface area (TPSA) is 129 Å². The fraction of sp³-hybridized carbons (Fsp3) is 0.105. The molecule has 3 heterocycles. The van der Waals surface area contributed by atoms with Gasteiger partial charge in [0.05, 0.1) is 5.56 Å². The van der Waals surface area contributed by atoms with Gasteiger partial charge in [-0.3, -0.25) is 24.5 Å². The number of amides is 1. The van der Waals surface area contributed by atoms with Gasteiger partial charge in [-0.05, 0) is 11.5 Å². The summed E-state index contributed by atoms with van der Waals surface area (Å²) in [5.74, 6) is -2.20. The number of fused-ring (bicyclic) bond motifs is 2. The summed E-state index contributed by atoms with van der Waals surface area (Å²) in [6, 6.07) is 4.86. The summed E-state index contributed by atoms with van der Waals surface area (Å²) in [5.41, 5.74) is -2.00. The summed E-state index contributed by atoms with van der Waals surface area (Å²) in [6.45, 7) is -0.686. The van der Waals surface area contributed by atoms with Crippen molar-refractivity contribution in [3.8, 4) is 0 Å². The molecular formula is C19H12F3N5O4S. The van der Waals surface area contributed by atoms with Crippen LogP contribution in [-0.2, 0) is 11.0 Å². The minimum Gasteiger partial charge on any atom is -0.480 e. The van der Waals surface area contributed by atoms with E-state index in [1.54, 1.807) is 0 Å². The van der Waals surface area contributed by atoms with Crippen LogP contribution in [0.1, 0.15) is 15.9 Å². The standard InChI is InChI=1S/C19H12F3N5O4S/c20-19(21,22)11-3-1-2-9-10(11)5-23-6-13(9)32-14-4-12(28)16(17-25-8-26-27(14)17)18(31)24-7-15(29)30/h1-6,8H,7H2,(H,24,31)(H,25,26)(H,29,30). The van der Waals surface area contributed by atoms with Crippen LogP contribution in [0.2, 0.25) is 0 Å². The molecule has 1 aromatic carbocycles. The number of hydrogen-bond acceptors (Lipinski definition) is 6. The summed E-state index contributed by atoms with van der Waals surface area (Å²) in [4.78, 5) is 43.8. The molecule has 3 aromatic heterocycles. The van der Waals surface area contributed by atoms with E-state index in [0.717, 1.165) is 30.1 Å². The molecule has 0 saturated heterocycles. The highest BCUT2D eigenvalue weighted by atomic mass is 32.2. The van der Waals surface area contributed by atoms with Crippen molar-refractivity contribution in [1.82, 2.24) is 24.9 Å². The van der Waals surface area contributed by atoms with E-state index in [2.05, 4.69) is 20.4 Å². The first-order valence-corrected chi connectivity index (χ1v) is 9.69. The smallest absolute Gasteiger partial charge is 0.417 e. The highest BCUT2D eigenvalue weighted by molar-refractivity contribution is 7.99. The summed E-state index contributed by atoms with van der Waals surface area (Å²) in [7, 11) is 0. The zero-order valence-electron chi connectivity index (χ0n) is 15.8. The van der Waals surface area contributed by atoms with Crippen LogP contribution in [0.25, 0.3) is 16.4 Å². The Morgan fingerprint density at radius 1 is 1.22 bits per heavy atom. The number of nitrogens with zero attached hydrogens (tertiary/aromatic N) is 3. The van der Waals surface area contributed by atoms with Gasteiger partial charge in [0.1, 0.15) is 23.5 Å². The lowest BCUT2D eigenvalue weighted by atomic mass is 10.1. The van der Waals surface area contributed by atoms with Crippen molar-refractivity contribution in [1.29, 1.82) is 0 Å². The Labute approximate surface area is 180 Å². The maximum absolute atomic E-state index is 13.4. The number of carbonyl (C=O) groups is 2. The number of nitrogens with one attached hydrogen (secondary N) is 2. The maximum Gasteiger partial charge on any atom is 0.417 e. The third kappa shape index (κ3) is 3.89. The maximum atomic E-state index is 13.4. The Hall–Kier alpha value is -3.87. The number of benzene rings is 1. The molecule has 0 aliphatic heterocycles. The Morgan fingerprint density at radius 3 is 2.72 bits per heavy atom. The third-order valence-corrected chi connectivity index (χ3v) is 5.50. The van der Waals surface area contributed by atoms with Crippen molar-refractivity contribution in [3.05, 3.63) is 64.3 Å². The van der Waals surface area contributed by atoms with Gasteiger partial charge < -0.3 is 10.4 Å². The second-order valence-electron chi connectivity index (χ2n) is 6.48. The molecule has 0 bridgehead atoms. The minimum atomic E-state index is -4.57. The highest BCUT2D eigenvalue weighted by Crippen LogP contribution is 2.38. The van der Waals surface area contributed by atoms with Gasteiger partial charge >= 0.3 is 12.1 Å². The van der Waals surface area contributed by atoms with Crippen LogP contribution in [-0.4, -0.2) is 43.1 Å². The molecule has 3 N–H and O–H groups in total. The first-order chi connectivity index (χ1) is 15.2. The van der Waals surface area contributed by atoms with Crippen LogP contribution >= 0.6 is 11.8 Å². The highest BCUT2D eigenvalue weighted by Gasteiger charge is 2.32.